The molecule has 2 aromatic heterocycles. The van der Waals surface area contributed by atoms with Gasteiger partial charge in [-0.2, -0.15) is 0 Å². The second-order valence-corrected chi connectivity index (χ2v) is 9.85. The van der Waals surface area contributed by atoms with Gasteiger partial charge in [-0.05, 0) is 64.5 Å². The van der Waals surface area contributed by atoms with Gasteiger partial charge in [0, 0.05) is 30.1 Å². The van der Waals surface area contributed by atoms with E-state index < -0.39 is 11.4 Å². The van der Waals surface area contributed by atoms with Gasteiger partial charge in [0.1, 0.15) is 23.1 Å². The zero-order chi connectivity index (χ0) is 25.2. The van der Waals surface area contributed by atoms with Gasteiger partial charge in [-0.1, -0.05) is 13.8 Å². The first-order valence-electron chi connectivity index (χ1n) is 11.9. The average molecular weight is 481 g/mol. The Balaban J connectivity index is 1.37. The molecule has 4 amide bonds. The van der Waals surface area contributed by atoms with E-state index in [9.17, 15) is 14.4 Å². The van der Waals surface area contributed by atoms with Crippen LogP contribution in [0.4, 0.5) is 16.4 Å². The minimum absolute atomic E-state index is 0.0197. The summed E-state index contributed by atoms with van der Waals surface area (Å²) in [5.41, 5.74) is 0.0264. The molecule has 4 heterocycles. The van der Waals surface area contributed by atoms with Gasteiger partial charge in [-0.3, -0.25) is 19.8 Å². The van der Waals surface area contributed by atoms with Gasteiger partial charge < -0.3 is 15.0 Å². The van der Waals surface area contributed by atoms with Gasteiger partial charge >= 0.3 is 6.03 Å². The predicted molar refractivity (Wildman–Crippen MR) is 131 cm³/mol. The number of aryl methyl sites for hydroxylation is 1. The first-order chi connectivity index (χ1) is 16.6. The molecule has 2 fully saturated rings. The molecule has 0 unspecified atom stereocenters. The van der Waals surface area contributed by atoms with Crippen LogP contribution in [-0.4, -0.2) is 64.3 Å². The summed E-state index contributed by atoms with van der Waals surface area (Å²) in [5.74, 6) is 1.53. The number of amides is 4. The molecule has 0 radical (unpaired) electrons. The van der Waals surface area contributed by atoms with E-state index in [1.807, 2.05) is 13.8 Å². The summed E-state index contributed by atoms with van der Waals surface area (Å²) in [6.07, 6.45) is 3.86. The van der Waals surface area contributed by atoms with Gasteiger partial charge in [-0.25, -0.2) is 14.8 Å². The zero-order valence-corrected chi connectivity index (χ0v) is 20.6. The number of nitrogens with zero attached hydrogens (tertiary/aromatic N) is 4. The number of pyridine rings is 2. The molecular weight excluding hydrogens is 448 g/mol. The van der Waals surface area contributed by atoms with Gasteiger partial charge in [0.15, 0.2) is 0 Å². The summed E-state index contributed by atoms with van der Waals surface area (Å²) in [7, 11) is 2.06. The Kier molecular flexibility index (Phi) is 7.02. The quantitative estimate of drug-likeness (QED) is 0.671. The lowest BCUT2D eigenvalue weighted by atomic mass is 9.92. The van der Waals surface area contributed by atoms with E-state index in [0.29, 0.717) is 41.8 Å². The van der Waals surface area contributed by atoms with E-state index in [1.165, 1.54) is 4.90 Å². The number of nitrogens with one attached hydrogen (secondary N) is 2. The summed E-state index contributed by atoms with van der Waals surface area (Å²) in [4.78, 5) is 49.6. The third kappa shape index (κ3) is 5.76. The van der Waals surface area contributed by atoms with Crippen molar-refractivity contribution in [2.75, 3.05) is 37.3 Å². The molecule has 2 aromatic rings. The molecule has 2 aliphatic heterocycles. The van der Waals surface area contributed by atoms with Crippen LogP contribution in [-0.2, 0) is 9.59 Å². The SMILES string of the molecule is Cc1nc(NC(=O)N2CCC(C)(C)C2=O)ccc1Oc1ccnc(NC(=O)C2CCN(C)CC2)c1. The maximum Gasteiger partial charge on any atom is 0.329 e. The third-order valence-corrected chi connectivity index (χ3v) is 6.60. The van der Waals surface area contributed by atoms with Crippen LogP contribution in [0.5, 0.6) is 11.5 Å². The largest absolute Gasteiger partial charge is 0.455 e. The molecular formula is C25H32N6O4. The number of anilines is 2. The van der Waals surface area contributed by atoms with Crippen LogP contribution in [0.15, 0.2) is 30.5 Å². The lowest BCUT2D eigenvalue weighted by Crippen LogP contribution is -2.39. The van der Waals surface area contributed by atoms with Crippen LogP contribution in [0.3, 0.4) is 0 Å². The van der Waals surface area contributed by atoms with Crippen molar-refractivity contribution < 1.29 is 19.1 Å². The third-order valence-electron chi connectivity index (χ3n) is 6.60. The molecule has 4 rings (SSSR count). The molecule has 10 nitrogen and oxygen atoms in total. The molecule has 186 valence electrons. The van der Waals surface area contributed by atoms with Crippen molar-refractivity contribution in [2.24, 2.45) is 11.3 Å². The number of urea groups is 1. The monoisotopic (exact) mass is 480 g/mol. The second kappa shape index (κ2) is 9.99. The minimum Gasteiger partial charge on any atom is -0.455 e. The number of hydrogen-bond acceptors (Lipinski definition) is 7. The lowest BCUT2D eigenvalue weighted by molar-refractivity contribution is -0.131. The van der Waals surface area contributed by atoms with Crippen molar-refractivity contribution in [2.45, 2.75) is 40.0 Å². The van der Waals surface area contributed by atoms with Gasteiger partial charge in [-0.15, -0.1) is 0 Å². The average Bonchev–Trinajstić information content (AvgIpc) is 3.09. The Bertz CT molecular complexity index is 1130. The molecule has 0 bridgehead atoms. The van der Waals surface area contributed by atoms with Crippen molar-refractivity contribution in [3.8, 4) is 11.5 Å². The maximum absolute atomic E-state index is 12.6. The zero-order valence-electron chi connectivity index (χ0n) is 20.6. The van der Waals surface area contributed by atoms with Crippen molar-refractivity contribution >= 4 is 29.5 Å². The van der Waals surface area contributed by atoms with E-state index in [-0.39, 0.29) is 17.7 Å². The highest BCUT2D eigenvalue weighted by Crippen LogP contribution is 2.31. The minimum atomic E-state index is -0.533. The van der Waals surface area contributed by atoms with E-state index >= 15 is 0 Å². The number of imide groups is 1. The van der Waals surface area contributed by atoms with E-state index in [1.54, 1.807) is 37.4 Å². The Hall–Kier alpha value is -3.53. The van der Waals surface area contributed by atoms with E-state index in [2.05, 4.69) is 32.5 Å². The van der Waals surface area contributed by atoms with Crippen molar-refractivity contribution in [3.63, 3.8) is 0 Å². The number of carbonyl (C=O) groups excluding carboxylic acids is 3. The predicted octanol–water partition coefficient (Wildman–Crippen LogP) is 3.65. The molecule has 35 heavy (non-hydrogen) atoms. The Morgan fingerprint density at radius 1 is 1.09 bits per heavy atom. The number of rotatable bonds is 5. The second-order valence-electron chi connectivity index (χ2n) is 9.85. The fourth-order valence-electron chi connectivity index (χ4n) is 4.23. The number of aromatic nitrogens is 2. The van der Waals surface area contributed by atoms with Crippen LogP contribution >= 0.6 is 0 Å². The Labute approximate surface area is 205 Å². The molecule has 0 aromatic carbocycles. The first-order valence-corrected chi connectivity index (χ1v) is 11.9. The van der Waals surface area contributed by atoms with Gasteiger partial charge in [0.05, 0.1) is 5.69 Å². The fourth-order valence-corrected chi connectivity index (χ4v) is 4.23. The van der Waals surface area contributed by atoms with Crippen LogP contribution in [0.2, 0.25) is 0 Å². The molecule has 2 N–H and O–H groups in total. The highest BCUT2D eigenvalue weighted by atomic mass is 16.5. The van der Waals surface area contributed by atoms with Crippen molar-refractivity contribution in [1.82, 2.24) is 19.8 Å². The highest BCUT2D eigenvalue weighted by Gasteiger charge is 2.41. The molecule has 2 aliphatic rings. The normalized spacial score (nSPS) is 18.4. The number of piperidine rings is 1. The lowest BCUT2D eigenvalue weighted by Gasteiger charge is -2.27. The van der Waals surface area contributed by atoms with Crippen molar-refractivity contribution in [3.05, 3.63) is 36.2 Å². The van der Waals surface area contributed by atoms with Crippen LogP contribution in [0.25, 0.3) is 0 Å². The number of carbonyl (C=O) groups is 3. The standard InChI is InChI=1S/C25H32N6O4/c1-16-19(5-6-20(27-16)29-24(34)31-14-10-25(2,3)23(31)33)35-18-7-11-26-21(15-18)28-22(32)17-8-12-30(4)13-9-17/h5-7,11,15,17H,8-10,12-14H2,1-4H3,(H,26,28,32)(H,27,29,34). The Morgan fingerprint density at radius 3 is 2.49 bits per heavy atom. The molecule has 0 atom stereocenters. The summed E-state index contributed by atoms with van der Waals surface area (Å²) < 4.78 is 5.96. The first kappa shape index (κ1) is 24.6. The van der Waals surface area contributed by atoms with Crippen molar-refractivity contribution in [1.29, 1.82) is 0 Å². The van der Waals surface area contributed by atoms with Gasteiger partial charge in [0.25, 0.3) is 0 Å². The fraction of sp³-hybridized carbons (Fsp3) is 0.480. The number of likely N-dealkylation sites (tertiary alicyclic amines) is 2. The van der Waals surface area contributed by atoms with Crippen LogP contribution in [0.1, 0.15) is 38.8 Å². The topological polar surface area (TPSA) is 117 Å². The number of hydrogen-bond donors (Lipinski definition) is 2. The number of ether oxygens (including phenoxy) is 1. The Morgan fingerprint density at radius 2 is 1.83 bits per heavy atom. The smallest absolute Gasteiger partial charge is 0.329 e. The molecule has 2 saturated heterocycles. The molecule has 10 heteroatoms. The van der Waals surface area contributed by atoms with Crippen LogP contribution < -0.4 is 15.4 Å². The highest BCUT2D eigenvalue weighted by molar-refractivity contribution is 6.03. The van der Waals surface area contributed by atoms with Crippen LogP contribution in [0, 0.1) is 18.3 Å². The summed E-state index contributed by atoms with van der Waals surface area (Å²) in [5, 5.41) is 5.58. The maximum atomic E-state index is 12.6. The summed E-state index contributed by atoms with van der Waals surface area (Å²) in [6, 6.07) is 6.20. The van der Waals surface area contributed by atoms with E-state index in [0.717, 1.165) is 25.9 Å². The molecule has 0 spiro atoms. The van der Waals surface area contributed by atoms with Gasteiger partial charge in [0.2, 0.25) is 11.8 Å². The molecule has 0 saturated carbocycles. The van der Waals surface area contributed by atoms with E-state index in [4.69, 9.17) is 4.74 Å². The summed E-state index contributed by atoms with van der Waals surface area (Å²) in [6.45, 7) is 7.63. The summed E-state index contributed by atoms with van der Waals surface area (Å²) >= 11 is 0. The molecule has 0 aliphatic carbocycles.